The number of benzene rings is 2. The van der Waals surface area contributed by atoms with Gasteiger partial charge in [0.15, 0.2) is 0 Å². The lowest BCUT2D eigenvalue weighted by molar-refractivity contribution is -0.135. The molecule has 2 aromatic rings. The van der Waals surface area contributed by atoms with Crippen molar-refractivity contribution in [3.63, 3.8) is 0 Å². The van der Waals surface area contributed by atoms with Gasteiger partial charge in [0.05, 0.1) is 0 Å². The first-order chi connectivity index (χ1) is 9.65. The Hall–Kier alpha value is -2.44. The second-order valence-corrected chi connectivity index (χ2v) is 4.46. The number of carbonyl (C=O) groups excluding carboxylic acids is 2. The van der Waals surface area contributed by atoms with Crippen molar-refractivity contribution in [3.8, 4) is 0 Å². The van der Waals surface area contributed by atoms with Crippen molar-refractivity contribution in [2.45, 2.75) is 6.42 Å². The molecule has 0 aliphatic heterocycles. The molecular weight excluding hydrogens is 256 g/mol. The van der Waals surface area contributed by atoms with E-state index in [0.29, 0.717) is 0 Å². The third-order valence-electron chi connectivity index (χ3n) is 3.17. The zero-order valence-corrected chi connectivity index (χ0v) is 10.8. The zero-order valence-electron chi connectivity index (χ0n) is 10.8. The van der Waals surface area contributed by atoms with Gasteiger partial charge in [0.2, 0.25) is 11.8 Å². The second-order valence-electron chi connectivity index (χ2n) is 4.46. The molecule has 0 unspecified atom stereocenters. The van der Waals surface area contributed by atoms with Crippen molar-refractivity contribution in [3.05, 3.63) is 48.0 Å². The highest BCUT2D eigenvalue weighted by molar-refractivity contribution is 6.00. The number of carbonyl (C=O) groups is 2. The number of rotatable bonds is 4. The van der Waals surface area contributed by atoms with Crippen molar-refractivity contribution < 1.29 is 9.59 Å². The highest BCUT2D eigenvalue weighted by atomic mass is 16.2. The molecular formula is C14H16N4O2. The Morgan fingerprint density at radius 1 is 0.950 bits per heavy atom. The Balaban J connectivity index is 2.28. The summed E-state index contributed by atoms with van der Waals surface area (Å²) in [5.74, 6) is 8.09. The standard InChI is InChI=1S/C14H16N4O2/c15-17-13(19)12(14(20)18-16)8-9-5-6-10-3-1-2-4-11(10)7-9/h1-7,12H,8,15-16H2,(H,17,19)(H,18,20). The van der Waals surface area contributed by atoms with E-state index >= 15 is 0 Å². The molecule has 0 radical (unpaired) electrons. The fourth-order valence-corrected chi connectivity index (χ4v) is 2.11. The number of amides is 2. The van der Waals surface area contributed by atoms with E-state index in [1.807, 2.05) is 53.3 Å². The molecule has 2 amide bonds. The Kier molecular flexibility index (Phi) is 4.29. The van der Waals surface area contributed by atoms with E-state index in [4.69, 9.17) is 11.7 Å². The van der Waals surface area contributed by atoms with Crippen molar-refractivity contribution in [1.82, 2.24) is 10.9 Å². The first kappa shape index (κ1) is 14.0. The monoisotopic (exact) mass is 272 g/mol. The van der Waals surface area contributed by atoms with E-state index in [1.54, 1.807) is 0 Å². The second kappa shape index (κ2) is 6.14. The van der Waals surface area contributed by atoms with Gasteiger partial charge in [0, 0.05) is 0 Å². The third-order valence-corrected chi connectivity index (χ3v) is 3.17. The summed E-state index contributed by atoms with van der Waals surface area (Å²) in [6.07, 6.45) is 0.233. The fraction of sp³-hybridized carbons (Fsp3) is 0.143. The van der Waals surface area contributed by atoms with Gasteiger partial charge in [-0.25, -0.2) is 11.7 Å². The third kappa shape index (κ3) is 2.93. The van der Waals surface area contributed by atoms with E-state index in [-0.39, 0.29) is 6.42 Å². The normalized spacial score (nSPS) is 10.6. The van der Waals surface area contributed by atoms with Gasteiger partial charge in [0.1, 0.15) is 5.92 Å². The molecule has 0 aliphatic carbocycles. The van der Waals surface area contributed by atoms with Gasteiger partial charge >= 0.3 is 0 Å². The number of hydrogen-bond donors (Lipinski definition) is 4. The van der Waals surface area contributed by atoms with Crippen LogP contribution in [0.5, 0.6) is 0 Å². The predicted octanol–water partition coefficient (Wildman–Crippen LogP) is -0.0217. The molecule has 6 N–H and O–H groups in total. The van der Waals surface area contributed by atoms with Crippen LogP contribution in [0.2, 0.25) is 0 Å². The summed E-state index contributed by atoms with van der Waals surface area (Å²) in [5.41, 5.74) is 4.83. The average molecular weight is 272 g/mol. The van der Waals surface area contributed by atoms with Crippen molar-refractivity contribution in [2.75, 3.05) is 0 Å². The Labute approximate surface area is 116 Å². The van der Waals surface area contributed by atoms with Crippen LogP contribution in [0.3, 0.4) is 0 Å². The largest absolute Gasteiger partial charge is 0.294 e. The van der Waals surface area contributed by atoms with Gasteiger partial charge in [-0.05, 0) is 22.8 Å². The SMILES string of the molecule is NNC(=O)C(Cc1ccc2ccccc2c1)C(=O)NN. The maximum atomic E-state index is 11.6. The molecule has 2 rings (SSSR count). The highest BCUT2D eigenvalue weighted by Crippen LogP contribution is 2.18. The fourth-order valence-electron chi connectivity index (χ4n) is 2.11. The molecule has 0 saturated heterocycles. The van der Waals surface area contributed by atoms with Crippen LogP contribution in [0.1, 0.15) is 5.56 Å². The Morgan fingerprint density at radius 2 is 1.55 bits per heavy atom. The molecule has 2 aromatic carbocycles. The molecule has 104 valence electrons. The molecule has 6 heteroatoms. The quantitative estimate of drug-likeness (QED) is 0.271. The number of nitrogens with one attached hydrogen (secondary N) is 2. The molecule has 0 saturated carbocycles. The average Bonchev–Trinajstić information content (AvgIpc) is 2.51. The Bertz CT molecular complexity index is 626. The maximum absolute atomic E-state index is 11.6. The number of fused-ring (bicyclic) bond motifs is 1. The lowest BCUT2D eigenvalue weighted by Crippen LogP contribution is -2.46. The minimum atomic E-state index is -0.953. The van der Waals surface area contributed by atoms with Gasteiger partial charge in [-0.3, -0.25) is 20.4 Å². The summed E-state index contributed by atoms with van der Waals surface area (Å²) in [6, 6.07) is 13.6. The molecule has 0 aliphatic rings. The molecule has 0 bridgehead atoms. The van der Waals surface area contributed by atoms with E-state index in [1.165, 1.54) is 0 Å². The van der Waals surface area contributed by atoms with Crippen LogP contribution < -0.4 is 22.5 Å². The summed E-state index contributed by atoms with van der Waals surface area (Å²) >= 11 is 0. The molecule has 6 nitrogen and oxygen atoms in total. The van der Waals surface area contributed by atoms with Crippen LogP contribution in [0, 0.1) is 5.92 Å². The summed E-state index contributed by atoms with van der Waals surface area (Å²) in [6.45, 7) is 0. The van der Waals surface area contributed by atoms with Crippen LogP contribution >= 0.6 is 0 Å². The molecule has 0 heterocycles. The Morgan fingerprint density at radius 3 is 2.15 bits per heavy atom. The number of hydrogen-bond acceptors (Lipinski definition) is 4. The van der Waals surface area contributed by atoms with Crippen molar-refractivity contribution in [1.29, 1.82) is 0 Å². The smallest absolute Gasteiger partial charge is 0.246 e. The van der Waals surface area contributed by atoms with Crippen LogP contribution in [0.15, 0.2) is 42.5 Å². The molecule has 0 spiro atoms. The van der Waals surface area contributed by atoms with Crippen LogP contribution in [-0.4, -0.2) is 11.8 Å². The lowest BCUT2D eigenvalue weighted by atomic mass is 9.96. The minimum absolute atomic E-state index is 0.233. The minimum Gasteiger partial charge on any atom is -0.294 e. The maximum Gasteiger partial charge on any atom is 0.246 e. The van der Waals surface area contributed by atoms with Crippen LogP contribution in [0.4, 0.5) is 0 Å². The number of nitrogens with two attached hydrogens (primary N) is 2. The van der Waals surface area contributed by atoms with Gasteiger partial charge < -0.3 is 0 Å². The molecule has 0 fully saturated rings. The summed E-state index contributed by atoms with van der Waals surface area (Å²) in [4.78, 5) is 23.3. The van der Waals surface area contributed by atoms with E-state index < -0.39 is 17.7 Å². The molecule has 0 atom stereocenters. The summed E-state index contributed by atoms with van der Waals surface area (Å²) in [5, 5.41) is 2.14. The molecule has 20 heavy (non-hydrogen) atoms. The topological polar surface area (TPSA) is 110 Å². The highest BCUT2D eigenvalue weighted by Gasteiger charge is 2.25. The van der Waals surface area contributed by atoms with Gasteiger partial charge in [-0.15, -0.1) is 0 Å². The summed E-state index contributed by atoms with van der Waals surface area (Å²) in [7, 11) is 0. The van der Waals surface area contributed by atoms with E-state index in [9.17, 15) is 9.59 Å². The van der Waals surface area contributed by atoms with Crippen LogP contribution in [0.25, 0.3) is 10.8 Å². The van der Waals surface area contributed by atoms with Crippen molar-refractivity contribution in [2.24, 2.45) is 17.6 Å². The predicted molar refractivity (Wildman–Crippen MR) is 75.8 cm³/mol. The van der Waals surface area contributed by atoms with Gasteiger partial charge in [0.25, 0.3) is 0 Å². The zero-order chi connectivity index (χ0) is 14.5. The first-order valence-electron chi connectivity index (χ1n) is 6.14. The van der Waals surface area contributed by atoms with Gasteiger partial charge in [-0.1, -0.05) is 42.5 Å². The van der Waals surface area contributed by atoms with Crippen LogP contribution in [-0.2, 0) is 16.0 Å². The van der Waals surface area contributed by atoms with E-state index in [2.05, 4.69) is 0 Å². The molecule has 0 aromatic heterocycles. The number of hydrazine groups is 2. The van der Waals surface area contributed by atoms with Crippen molar-refractivity contribution >= 4 is 22.6 Å². The van der Waals surface area contributed by atoms with Gasteiger partial charge in [-0.2, -0.15) is 0 Å². The summed E-state index contributed by atoms with van der Waals surface area (Å²) < 4.78 is 0. The van der Waals surface area contributed by atoms with E-state index in [0.717, 1.165) is 16.3 Å². The lowest BCUT2D eigenvalue weighted by Gasteiger charge is -2.14. The first-order valence-corrected chi connectivity index (χ1v) is 6.14.